The van der Waals surface area contributed by atoms with Crippen LogP contribution in [0.25, 0.3) is 11.5 Å². The minimum Gasteiger partial charge on any atom is -0.443 e. The number of pyridine rings is 1. The summed E-state index contributed by atoms with van der Waals surface area (Å²) in [5.41, 5.74) is 0.558. The second-order valence-corrected chi connectivity index (χ2v) is 8.00. The number of carbonyl (C=O) groups is 1. The summed E-state index contributed by atoms with van der Waals surface area (Å²) < 4.78 is 16.2. The molecule has 29 heavy (non-hydrogen) atoms. The lowest BCUT2D eigenvalue weighted by Crippen LogP contribution is -2.49. The number of nitrogens with one attached hydrogen (secondary N) is 1. The molecule has 1 saturated carbocycles. The molecule has 1 N–H and O–H groups in total. The number of rotatable bonds is 5. The predicted molar refractivity (Wildman–Crippen MR) is 104 cm³/mol. The molecule has 1 amide bonds. The summed E-state index contributed by atoms with van der Waals surface area (Å²) in [5, 5.41) is 7.43. The smallest absolute Gasteiger partial charge is 0.410 e. The van der Waals surface area contributed by atoms with Crippen LogP contribution in [0.4, 0.5) is 16.6 Å². The molecule has 1 aliphatic carbocycles. The molecule has 10 nitrogen and oxygen atoms in total. The Hall–Kier alpha value is -2.88. The molecule has 0 bridgehead atoms. The molecule has 154 valence electrons. The Bertz CT molecular complexity index is 886. The van der Waals surface area contributed by atoms with Gasteiger partial charge in [0.15, 0.2) is 0 Å². The van der Waals surface area contributed by atoms with Gasteiger partial charge in [0, 0.05) is 37.9 Å². The van der Waals surface area contributed by atoms with E-state index < -0.39 is 0 Å². The van der Waals surface area contributed by atoms with Crippen molar-refractivity contribution in [3.63, 3.8) is 0 Å². The molecular formula is C19H24N6O4. The molecule has 4 heterocycles. The van der Waals surface area contributed by atoms with Gasteiger partial charge in [0.1, 0.15) is 11.4 Å². The van der Waals surface area contributed by atoms with Gasteiger partial charge in [0.05, 0.1) is 19.3 Å². The van der Waals surface area contributed by atoms with Crippen LogP contribution in [-0.2, 0) is 9.47 Å². The first-order valence-corrected chi connectivity index (χ1v) is 9.95. The molecule has 0 spiro atoms. The van der Waals surface area contributed by atoms with Gasteiger partial charge in [-0.1, -0.05) is 0 Å². The van der Waals surface area contributed by atoms with Crippen molar-refractivity contribution in [2.45, 2.75) is 31.4 Å². The lowest BCUT2D eigenvalue weighted by molar-refractivity contribution is 0.0209. The average Bonchev–Trinajstić information content (AvgIpc) is 3.23. The second-order valence-electron chi connectivity index (χ2n) is 8.00. The Kier molecular flexibility index (Phi) is 4.50. The molecule has 2 aliphatic heterocycles. The zero-order chi connectivity index (χ0) is 19.8. The third-order valence-corrected chi connectivity index (χ3v) is 5.52. The minimum atomic E-state index is -0.249. The van der Waals surface area contributed by atoms with Crippen molar-refractivity contribution >= 4 is 17.9 Å². The molecule has 3 aliphatic rings. The molecular weight excluding hydrogens is 376 g/mol. The maximum atomic E-state index is 12.2. The summed E-state index contributed by atoms with van der Waals surface area (Å²) in [6.07, 6.45) is 3.38. The third-order valence-electron chi connectivity index (χ3n) is 5.52. The van der Waals surface area contributed by atoms with Crippen LogP contribution in [0, 0.1) is 0 Å². The van der Waals surface area contributed by atoms with E-state index in [1.807, 2.05) is 24.0 Å². The van der Waals surface area contributed by atoms with Crippen LogP contribution in [0.5, 0.6) is 0 Å². The fourth-order valence-corrected chi connectivity index (χ4v) is 3.27. The lowest BCUT2D eigenvalue weighted by Gasteiger charge is -2.33. The maximum absolute atomic E-state index is 12.2. The molecule has 2 aromatic heterocycles. The Morgan fingerprint density at radius 2 is 2.07 bits per heavy atom. The van der Waals surface area contributed by atoms with Crippen LogP contribution in [0.2, 0.25) is 0 Å². The molecule has 0 aromatic carbocycles. The van der Waals surface area contributed by atoms with Crippen LogP contribution >= 0.6 is 0 Å². The summed E-state index contributed by atoms with van der Waals surface area (Å²) in [4.78, 5) is 24.8. The third kappa shape index (κ3) is 3.98. The Morgan fingerprint density at radius 1 is 1.28 bits per heavy atom. The number of hydrogen-bond donors (Lipinski definition) is 1. The maximum Gasteiger partial charge on any atom is 0.410 e. The number of ether oxygens (including phenoxy) is 2. The van der Waals surface area contributed by atoms with Gasteiger partial charge >= 0.3 is 6.09 Å². The zero-order valence-corrected chi connectivity index (χ0v) is 16.3. The Labute approximate surface area is 168 Å². The van der Waals surface area contributed by atoms with Crippen LogP contribution < -0.4 is 10.2 Å². The summed E-state index contributed by atoms with van der Waals surface area (Å²) in [5.74, 6) is 1.73. The van der Waals surface area contributed by atoms with Crippen molar-refractivity contribution in [2.75, 3.05) is 49.6 Å². The SMILES string of the molecule is CC1(OC(=O)N2CCN(c3noc(-c4ccnc(NC5COC5)c4)n3)CC2)CC1. The van der Waals surface area contributed by atoms with E-state index in [9.17, 15) is 4.79 Å². The normalized spacial score (nSPS) is 20.9. The number of anilines is 2. The first kappa shape index (κ1) is 18.2. The van der Waals surface area contributed by atoms with Gasteiger partial charge in [0.25, 0.3) is 11.8 Å². The van der Waals surface area contributed by atoms with Gasteiger partial charge < -0.3 is 29.1 Å². The number of hydrogen-bond acceptors (Lipinski definition) is 9. The van der Waals surface area contributed by atoms with Crippen LogP contribution in [0.15, 0.2) is 22.9 Å². The van der Waals surface area contributed by atoms with Crippen LogP contribution in [0.1, 0.15) is 19.8 Å². The number of nitrogens with zero attached hydrogens (tertiary/aromatic N) is 5. The quantitative estimate of drug-likeness (QED) is 0.803. The Balaban J connectivity index is 1.19. The van der Waals surface area contributed by atoms with Gasteiger partial charge in [-0.15, -0.1) is 0 Å². The number of amides is 1. The highest BCUT2D eigenvalue weighted by atomic mass is 16.6. The monoisotopic (exact) mass is 400 g/mol. The van der Waals surface area contributed by atoms with E-state index in [1.165, 1.54) is 0 Å². The molecule has 5 rings (SSSR count). The molecule has 0 atom stereocenters. The number of carbonyl (C=O) groups excluding carboxylic acids is 1. The standard InChI is InChI=1S/C19H24N6O4/c1-19(3-4-19)28-18(26)25-8-6-24(7-9-25)17-22-16(29-23-17)13-2-5-20-15(10-13)21-14-11-27-12-14/h2,5,10,14H,3-4,6-9,11-12H2,1H3,(H,20,21). The van der Waals surface area contributed by atoms with Crippen LogP contribution in [0.3, 0.4) is 0 Å². The van der Waals surface area contributed by atoms with Crippen molar-refractivity contribution in [2.24, 2.45) is 0 Å². The fourth-order valence-electron chi connectivity index (χ4n) is 3.27. The molecule has 2 saturated heterocycles. The molecule has 0 radical (unpaired) electrons. The number of piperazine rings is 1. The summed E-state index contributed by atoms with van der Waals surface area (Å²) in [6.45, 7) is 5.77. The molecule has 10 heteroatoms. The fraction of sp³-hybridized carbons (Fsp3) is 0.579. The topological polar surface area (TPSA) is 106 Å². The minimum absolute atomic E-state index is 0.230. The molecule has 2 aromatic rings. The predicted octanol–water partition coefficient (Wildman–Crippen LogP) is 1.75. The van der Waals surface area contributed by atoms with Crippen molar-refractivity contribution < 1.29 is 18.8 Å². The second kappa shape index (κ2) is 7.18. The summed E-state index contributed by atoms with van der Waals surface area (Å²) in [7, 11) is 0. The van der Waals surface area contributed by atoms with Crippen molar-refractivity contribution in [3.05, 3.63) is 18.3 Å². The largest absolute Gasteiger partial charge is 0.443 e. The highest BCUT2D eigenvalue weighted by Crippen LogP contribution is 2.39. The van der Waals surface area contributed by atoms with E-state index in [0.717, 1.165) is 24.2 Å². The van der Waals surface area contributed by atoms with Gasteiger partial charge in [-0.05, 0) is 37.1 Å². The average molecular weight is 400 g/mol. The summed E-state index contributed by atoms with van der Waals surface area (Å²) >= 11 is 0. The van der Waals surface area contributed by atoms with Gasteiger partial charge in [-0.25, -0.2) is 9.78 Å². The van der Waals surface area contributed by atoms with E-state index in [2.05, 4.69) is 20.4 Å². The van der Waals surface area contributed by atoms with E-state index in [0.29, 0.717) is 57.3 Å². The zero-order valence-electron chi connectivity index (χ0n) is 16.3. The van der Waals surface area contributed by atoms with Gasteiger partial charge in [0.2, 0.25) is 0 Å². The number of aromatic nitrogens is 3. The van der Waals surface area contributed by atoms with Crippen molar-refractivity contribution in [3.8, 4) is 11.5 Å². The first-order valence-electron chi connectivity index (χ1n) is 9.95. The van der Waals surface area contributed by atoms with E-state index >= 15 is 0 Å². The van der Waals surface area contributed by atoms with Crippen LogP contribution in [-0.4, -0.2) is 77.2 Å². The highest BCUT2D eigenvalue weighted by molar-refractivity contribution is 5.69. The molecule has 3 fully saturated rings. The van der Waals surface area contributed by atoms with E-state index in [1.54, 1.807) is 11.1 Å². The van der Waals surface area contributed by atoms with E-state index in [4.69, 9.17) is 14.0 Å². The van der Waals surface area contributed by atoms with Gasteiger partial charge in [-0.2, -0.15) is 4.98 Å². The Morgan fingerprint density at radius 3 is 2.76 bits per heavy atom. The summed E-state index contributed by atoms with van der Waals surface area (Å²) in [6, 6.07) is 4.02. The molecule has 0 unspecified atom stereocenters. The first-order chi connectivity index (χ1) is 14.1. The highest BCUT2D eigenvalue weighted by Gasteiger charge is 2.43. The van der Waals surface area contributed by atoms with E-state index in [-0.39, 0.29) is 11.7 Å². The van der Waals surface area contributed by atoms with Crippen molar-refractivity contribution in [1.82, 2.24) is 20.0 Å². The van der Waals surface area contributed by atoms with Gasteiger partial charge in [-0.3, -0.25) is 0 Å². The lowest BCUT2D eigenvalue weighted by atomic mass is 10.2. The van der Waals surface area contributed by atoms with Crippen molar-refractivity contribution in [1.29, 1.82) is 0 Å².